The number of methoxy groups -OCH3 is 1. The van der Waals surface area contributed by atoms with Crippen LogP contribution in [-0.2, 0) is 22.5 Å². The van der Waals surface area contributed by atoms with Gasteiger partial charge in [0.05, 0.1) is 12.4 Å². The van der Waals surface area contributed by atoms with Crippen molar-refractivity contribution < 1.29 is 14.6 Å². The molecule has 96 valence electrons. The Kier molecular flexibility index (Phi) is 5.99. The van der Waals surface area contributed by atoms with Crippen LogP contribution in [0.1, 0.15) is 19.2 Å². The van der Waals surface area contributed by atoms with Crippen LogP contribution in [0.4, 0.5) is 0 Å². The Morgan fingerprint density at radius 2 is 2.29 bits per heavy atom. The van der Waals surface area contributed by atoms with Gasteiger partial charge < -0.3 is 14.4 Å². The molecule has 0 radical (unpaired) electrons. The molecule has 0 spiro atoms. The van der Waals surface area contributed by atoms with Crippen LogP contribution < -0.4 is 0 Å². The third-order valence-electron chi connectivity index (χ3n) is 2.10. The Morgan fingerprint density at radius 3 is 2.88 bits per heavy atom. The minimum Gasteiger partial charge on any atom is -0.481 e. The summed E-state index contributed by atoms with van der Waals surface area (Å²) in [7, 11) is 1.64. The molecule has 0 bridgehead atoms. The van der Waals surface area contributed by atoms with E-state index in [0.29, 0.717) is 18.2 Å². The zero-order valence-corrected chi connectivity index (χ0v) is 10.9. The monoisotopic (exact) mass is 259 g/mol. The number of carboxylic acid groups (broad SMARTS) is 1. The van der Waals surface area contributed by atoms with E-state index in [1.807, 2.05) is 4.57 Å². The first kappa shape index (κ1) is 14.0. The van der Waals surface area contributed by atoms with Gasteiger partial charge in [0.25, 0.3) is 0 Å². The smallest absolute Gasteiger partial charge is 0.313 e. The van der Waals surface area contributed by atoms with Crippen molar-refractivity contribution in [1.82, 2.24) is 14.8 Å². The summed E-state index contributed by atoms with van der Waals surface area (Å²) in [4.78, 5) is 10.5. The maximum absolute atomic E-state index is 10.5. The normalized spacial score (nSPS) is 10.7. The van der Waals surface area contributed by atoms with Crippen molar-refractivity contribution in [3.05, 3.63) is 5.82 Å². The molecule has 0 atom stereocenters. The lowest BCUT2D eigenvalue weighted by Crippen LogP contribution is -2.08. The molecule has 1 aromatic rings. The molecule has 0 unspecified atom stereocenters. The number of thioether (sulfide) groups is 1. The molecule has 1 aromatic heterocycles. The summed E-state index contributed by atoms with van der Waals surface area (Å²) in [6, 6.07) is 0. The highest BCUT2D eigenvalue weighted by Gasteiger charge is 2.12. The lowest BCUT2D eigenvalue weighted by atomic mass is 10.4. The van der Waals surface area contributed by atoms with E-state index < -0.39 is 5.97 Å². The Labute approximate surface area is 104 Å². The molecule has 7 heteroatoms. The molecule has 1 heterocycles. The van der Waals surface area contributed by atoms with Crippen molar-refractivity contribution in [3.63, 3.8) is 0 Å². The first-order chi connectivity index (χ1) is 8.19. The zero-order chi connectivity index (χ0) is 12.7. The fraction of sp³-hybridized carbons (Fsp3) is 0.700. The van der Waals surface area contributed by atoms with Crippen LogP contribution in [0.25, 0.3) is 0 Å². The highest BCUT2D eigenvalue weighted by atomic mass is 32.2. The maximum atomic E-state index is 10.5. The average molecular weight is 259 g/mol. The van der Waals surface area contributed by atoms with Gasteiger partial charge in [-0.15, -0.1) is 10.2 Å². The Hall–Kier alpha value is -1.08. The number of nitrogens with zero attached hydrogens (tertiary/aromatic N) is 3. The first-order valence-corrected chi connectivity index (χ1v) is 6.43. The highest BCUT2D eigenvalue weighted by molar-refractivity contribution is 7.99. The summed E-state index contributed by atoms with van der Waals surface area (Å²) < 4.78 is 6.97. The molecule has 0 fully saturated rings. The summed E-state index contributed by atoms with van der Waals surface area (Å²) in [5.74, 6) is 0.00708. The Morgan fingerprint density at radius 1 is 1.53 bits per heavy atom. The molecule has 17 heavy (non-hydrogen) atoms. The van der Waals surface area contributed by atoms with Gasteiger partial charge in [-0.05, 0) is 6.42 Å². The third-order valence-corrected chi connectivity index (χ3v) is 3.05. The molecule has 6 nitrogen and oxygen atoms in total. The van der Waals surface area contributed by atoms with E-state index in [-0.39, 0.29) is 5.75 Å². The van der Waals surface area contributed by atoms with Crippen LogP contribution in [0.15, 0.2) is 5.16 Å². The van der Waals surface area contributed by atoms with E-state index in [4.69, 9.17) is 9.84 Å². The summed E-state index contributed by atoms with van der Waals surface area (Å²) in [6.45, 7) is 3.45. The largest absolute Gasteiger partial charge is 0.481 e. The van der Waals surface area contributed by atoms with Crippen LogP contribution >= 0.6 is 11.8 Å². The summed E-state index contributed by atoms with van der Waals surface area (Å²) >= 11 is 1.20. The van der Waals surface area contributed by atoms with Crippen molar-refractivity contribution >= 4 is 17.7 Å². The summed E-state index contributed by atoms with van der Waals surface area (Å²) in [6.07, 6.45) is 1.65. The van der Waals surface area contributed by atoms with Crippen molar-refractivity contribution in [2.24, 2.45) is 0 Å². The molecular formula is C10H17N3O3S. The van der Waals surface area contributed by atoms with Gasteiger partial charge in [0.1, 0.15) is 5.82 Å². The van der Waals surface area contributed by atoms with Crippen LogP contribution in [0.5, 0.6) is 0 Å². The van der Waals surface area contributed by atoms with Crippen LogP contribution in [0, 0.1) is 0 Å². The molecule has 0 aliphatic carbocycles. The zero-order valence-electron chi connectivity index (χ0n) is 10.0. The lowest BCUT2D eigenvalue weighted by Gasteiger charge is -2.07. The number of ether oxygens (including phenoxy) is 1. The SMILES string of the molecule is CCCn1c(CCOC)nnc1SCC(=O)O. The van der Waals surface area contributed by atoms with Gasteiger partial charge in [-0.3, -0.25) is 4.79 Å². The Balaban J connectivity index is 2.74. The minimum atomic E-state index is -0.848. The maximum Gasteiger partial charge on any atom is 0.313 e. The molecule has 1 rings (SSSR count). The van der Waals surface area contributed by atoms with Gasteiger partial charge in [-0.25, -0.2) is 0 Å². The highest BCUT2D eigenvalue weighted by Crippen LogP contribution is 2.17. The van der Waals surface area contributed by atoms with Crippen LogP contribution in [0.2, 0.25) is 0 Å². The molecule has 0 saturated carbocycles. The molecule has 0 aliphatic rings. The second kappa shape index (κ2) is 7.29. The molecular weight excluding hydrogens is 242 g/mol. The van der Waals surface area contributed by atoms with Crippen LogP contribution in [-0.4, -0.2) is 45.3 Å². The predicted molar refractivity (Wildman–Crippen MR) is 64.3 cm³/mol. The van der Waals surface area contributed by atoms with Crippen molar-refractivity contribution in [1.29, 1.82) is 0 Å². The van der Waals surface area contributed by atoms with E-state index in [9.17, 15) is 4.79 Å². The lowest BCUT2D eigenvalue weighted by molar-refractivity contribution is -0.133. The van der Waals surface area contributed by atoms with Gasteiger partial charge in [0, 0.05) is 20.1 Å². The van der Waals surface area contributed by atoms with E-state index >= 15 is 0 Å². The standard InChI is InChI=1S/C10H17N3O3S/c1-3-5-13-8(4-6-16-2)11-12-10(13)17-7-9(14)15/h3-7H2,1-2H3,(H,14,15). The summed E-state index contributed by atoms with van der Waals surface area (Å²) in [5, 5.41) is 17.4. The molecule has 1 N–H and O–H groups in total. The van der Waals surface area contributed by atoms with Crippen molar-refractivity contribution in [2.45, 2.75) is 31.5 Å². The van der Waals surface area contributed by atoms with E-state index in [0.717, 1.165) is 18.8 Å². The fourth-order valence-electron chi connectivity index (χ4n) is 1.38. The van der Waals surface area contributed by atoms with Gasteiger partial charge in [0.2, 0.25) is 0 Å². The van der Waals surface area contributed by atoms with E-state index in [2.05, 4.69) is 17.1 Å². The van der Waals surface area contributed by atoms with Gasteiger partial charge >= 0.3 is 5.97 Å². The van der Waals surface area contributed by atoms with Gasteiger partial charge in [-0.2, -0.15) is 0 Å². The number of carbonyl (C=O) groups is 1. The number of hydrogen-bond acceptors (Lipinski definition) is 5. The number of aliphatic carboxylic acids is 1. The van der Waals surface area contributed by atoms with Crippen molar-refractivity contribution in [2.75, 3.05) is 19.5 Å². The number of carboxylic acids is 1. The second-order valence-electron chi connectivity index (χ2n) is 3.48. The van der Waals surface area contributed by atoms with Gasteiger partial charge in [-0.1, -0.05) is 18.7 Å². The number of aromatic nitrogens is 3. The third kappa shape index (κ3) is 4.35. The molecule has 0 aromatic carbocycles. The minimum absolute atomic E-state index is 0.00608. The first-order valence-electron chi connectivity index (χ1n) is 5.44. The fourth-order valence-corrected chi connectivity index (χ4v) is 2.08. The molecule has 0 aliphatic heterocycles. The van der Waals surface area contributed by atoms with E-state index in [1.54, 1.807) is 7.11 Å². The van der Waals surface area contributed by atoms with Crippen molar-refractivity contribution in [3.8, 4) is 0 Å². The topological polar surface area (TPSA) is 77.2 Å². The average Bonchev–Trinajstić information content (AvgIpc) is 2.67. The second-order valence-corrected chi connectivity index (χ2v) is 4.42. The van der Waals surface area contributed by atoms with Gasteiger partial charge in [0.15, 0.2) is 5.16 Å². The quantitative estimate of drug-likeness (QED) is 0.703. The number of rotatable bonds is 8. The summed E-state index contributed by atoms with van der Waals surface area (Å²) in [5.41, 5.74) is 0. The molecule has 0 saturated heterocycles. The van der Waals surface area contributed by atoms with E-state index in [1.165, 1.54) is 11.8 Å². The van der Waals surface area contributed by atoms with Crippen LogP contribution in [0.3, 0.4) is 0 Å². The predicted octanol–water partition coefficient (Wildman–Crippen LogP) is 1.05. The number of hydrogen-bond donors (Lipinski definition) is 1. The Bertz CT molecular complexity index is 368. The molecule has 0 amide bonds.